The summed E-state index contributed by atoms with van der Waals surface area (Å²) in [5.41, 5.74) is 2.03. The lowest BCUT2D eigenvalue weighted by Gasteiger charge is -2.27. The molecule has 1 amide bonds. The normalized spacial score (nSPS) is 15.5. The molecule has 2 nitrogen and oxygen atoms in total. The molecule has 98 valence electrons. The first kappa shape index (κ1) is 13.7. The van der Waals surface area contributed by atoms with Gasteiger partial charge < -0.3 is 5.32 Å². The van der Waals surface area contributed by atoms with Crippen LogP contribution in [0, 0.1) is 5.92 Å². The topological polar surface area (TPSA) is 29.1 Å². The molecule has 1 N–H and O–H groups in total. The van der Waals surface area contributed by atoms with Crippen LogP contribution in [0.15, 0.2) is 24.3 Å². The summed E-state index contributed by atoms with van der Waals surface area (Å²) in [6, 6.07) is 8.21. The molecule has 1 aliphatic rings. The van der Waals surface area contributed by atoms with Crippen LogP contribution in [-0.2, 0) is 17.6 Å². The molecule has 0 saturated heterocycles. The van der Waals surface area contributed by atoms with Gasteiger partial charge in [-0.15, -0.1) is 23.2 Å². The van der Waals surface area contributed by atoms with E-state index >= 15 is 0 Å². The third-order valence-corrected chi connectivity index (χ3v) is 4.62. The van der Waals surface area contributed by atoms with Crippen LogP contribution >= 0.6 is 23.2 Å². The Morgan fingerprint density at radius 1 is 1.28 bits per heavy atom. The van der Waals surface area contributed by atoms with Gasteiger partial charge in [-0.25, -0.2) is 0 Å². The van der Waals surface area contributed by atoms with Gasteiger partial charge in [0.2, 0.25) is 5.91 Å². The van der Waals surface area contributed by atoms with Gasteiger partial charge in [0.25, 0.3) is 0 Å². The van der Waals surface area contributed by atoms with Gasteiger partial charge in [0.1, 0.15) is 0 Å². The molecular formula is C14H17Cl2NO. The van der Waals surface area contributed by atoms with Crippen molar-refractivity contribution in [3.8, 4) is 0 Å². The maximum absolute atomic E-state index is 12.2. The Bertz CT molecular complexity index is 418. The molecule has 18 heavy (non-hydrogen) atoms. The van der Waals surface area contributed by atoms with Crippen molar-refractivity contribution in [3.05, 3.63) is 35.4 Å². The fraction of sp³-hybridized carbons (Fsp3) is 0.500. The number of amides is 1. The quantitative estimate of drug-likeness (QED) is 0.847. The number of fused-ring (bicyclic) bond motifs is 1. The molecule has 0 aliphatic heterocycles. The number of benzene rings is 1. The molecule has 4 heteroatoms. The second kappa shape index (κ2) is 5.50. The lowest BCUT2D eigenvalue weighted by molar-refractivity contribution is -0.126. The third kappa shape index (κ3) is 2.81. The van der Waals surface area contributed by atoms with Crippen molar-refractivity contribution >= 4 is 29.1 Å². The second-order valence-corrected chi connectivity index (χ2v) is 5.73. The van der Waals surface area contributed by atoms with Crippen LogP contribution in [0.3, 0.4) is 0 Å². The first-order chi connectivity index (χ1) is 8.58. The first-order valence-electron chi connectivity index (χ1n) is 6.09. The predicted octanol–water partition coefficient (Wildman–Crippen LogP) is 2.75. The zero-order valence-electron chi connectivity index (χ0n) is 10.4. The SMILES string of the molecule is CC(CCl)(CCl)NC(=O)C1Cc2ccccc2C1. The Kier molecular flexibility index (Phi) is 4.18. The first-order valence-corrected chi connectivity index (χ1v) is 7.15. The highest BCUT2D eigenvalue weighted by Crippen LogP contribution is 2.27. The van der Waals surface area contributed by atoms with Gasteiger partial charge in [0, 0.05) is 17.7 Å². The van der Waals surface area contributed by atoms with Crippen molar-refractivity contribution < 1.29 is 4.79 Å². The van der Waals surface area contributed by atoms with Crippen molar-refractivity contribution in [3.63, 3.8) is 0 Å². The average molecular weight is 286 g/mol. The Labute approximate surface area is 118 Å². The van der Waals surface area contributed by atoms with Gasteiger partial charge in [0.15, 0.2) is 0 Å². The van der Waals surface area contributed by atoms with Crippen molar-refractivity contribution in [2.75, 3.05) is 11.8 Å². The molecule has 0 saturated carbocycles. The van der Waals surface area contributed by atoms with Crippen molar-refractivity contribution in [1.82, 2.24) is 5.32 Å². The van der Waals surface area contributed by atoms with E-state index in [0.29, 0.717) is 11.8 Å². The van der Waals surface area contributed by atoms with E-state index < -0.39 is 5.54 Å². The molecule has 0 unspecified atom stereocenters. The Balaban J connectivity index is 2.01. The number of rotatable bonds is 4. The van der Waals surface area contributed by atoms with Gasteiger partial charge in [-0.2, -0.15) is 0 Å². The molecule has 0 bridgehead atoms. The summed E-state index contributed by atoms with van der Waals surface area (Å²) in [6.07, 6.45) is 1.62. The number of carbonyl (C=O) groups is 1. The van der Waals surface area contributed by atoms with E-state index in [-0.39, 0.29) is 11.8 Å². The highest BCUT2D eigenvalue weighted by atomic mass is 35.5. The molecule has 2 rings (SSSR count). The molecule has 0 radical (unpaired) electrons. The summed E-state index contributed by atoms with van der Waals surface area (Å²) in [5, 5.41) is 2.97. The fourth-order valence-corrected chi connectivity index (χ4v) is 2.67. The molecule has 0 spiro atoms. The van der Waals surface area contributed by atoms with Crippen LogP contribution in [0.2, 0.25) is 0 Å². The van der Waals surface area contributed by atoms with Crippen LogP contribution in [-0.4, -0.2) is 23.2 Å². The summed E-state index contributed by atoms with van der Waals surface area (Å²) in [7, 11) is 0. The average Bonchev–Trinajstić information content (AvgIpc) is 2.82. The second-order valence-electron chi connectivity index (χ2n) is 5.19. The Morgan fingerprint density at radius 2 is 1.78 bits per heavy atom. The van der Waals surface area contributed by atoms with Gasteiger partial charge in [-0.1, -0.05) is 24.3 Å². The molecule has 1 aromatic rings. The maximum atomic E-state index is 12.2. The van der Waals surface area contributed by atoms with E-state index in [9.17, 15) is 4.79 Å². The molecule has 0 heterocycles. The minimum atomic E-state index is -0.519. The zero-order chi connectivity index (χ0) is 13.2. The maximum Gasteiger partial charge on any atom is 0.224 e. The van der Waals surface area contributed by atoms with Gasteiger partial charge in [-0.05, 0) is 30.9 Å². The number of hydrogen-bond donors (Lipinski definition) is 1. The summed E-state index contributed by atoms with van der Waals surface area (Å²) in [6.45, 7) is 1.87. The number of carbonyl (C=O) groups excluding carboxylic acids is 1. The standard InChI is InChI=1S/C14H17Cl2NO/c1-14(8-15,9-16)17-13(18)12-6-10-4-2-3-5-11(10)7-12/h2-5,12H,6-9H2,1H3,(H,17,18). The predicted molar refractivity (Wildman–Crippen MR) is 75.3 cm³/mol. The van der Waals surface area contributed by atoms with Crippen molar-refractivity contribution in [2.24, 2.45) is 5.92 Å². The minimum absolute atomic E-state index is 0.00755. The highest BCUT2D eigenvalue weighted by molar-refractivity contribution is 6.22. The molecule has 0 fully saturated rings. The van der Waals surface area contributed by atoms with E-state index in [1.54, 1.807) is 0 Å². The van der Waals surface area contributed by atoms with Crippen molar-refractivity contribution in [1.29, 1.82) is 0 Å². The van der Waals surface area contributed by atoms with Gasteiger partial charge in [-0.3, -0.25) is 4.79 Å². The smallest absolute Gasteiger partial charge is 0.224 e. The lowest BCUT2D eigenvalue weighted by atomic mass is 10.0. The summed E-state index contributed by atoms with van der Waals surface area (Å²) in [4.78, 5) is 12.2. The van der Waals surface area contributed by atoms with Gasteiger partial charge >= 0.3 is 0 Å². The minimum Gasteiger partial charge on any atom is -0.348 e. The van der Waals surface area contributed by atoms with Crippen LogP contribution < -0.4 is 5.32 Å². The fourth-order valence-electron chi connectivity index (χ4n) is 2.25. The van der Waals surface area contributed by atoms with Crippen molar-refractivity contribution in [2.45, 2.75) is 25.3 Å². The molecule has 0 aromatic heterocycles. The van der Waals surface area contributed by atoms with E-state index in [0.717, 1.165) is 12.8 Å². The number of nitrogens with one attached hydrogen (secondary N) is 1. The molecular weight excluding hydrogens is 269 g/mol. The van der Waals surface area contributed by atoms with E-state index in [2.05, 4.69) is 17.4 Å². The highest BCUT2D eigenvalue weighted by Gasteiger charge is 2.31. The van der Waals surface area contributed by atoms with E-state index in [1.807, 2.05) is 19.1 Å². The van der Waals surface area contributed by atoms with E-state index in [4.69, 9.17) is 23.2 Å². The lowest BCUT2D eigenvalue weighted by Crippen LogP contribution is -2.51. The van der Waals surface area contributed by atoms with Crippen LogP contribution in [0.5, 0.6) is 0 Å². The number of alkyl halides is 2. The van der Waals surface area contributed by atoms with Gasteiger partial charge in [0.05, 0.1) is 5.54 Å². The Morgan fingerprint density at radius 3 is 2.22 bits per heavy atom. The summed E-state index contributed by atoms with van der Waals surface area (Å²) >= 11 is 11.7. The Hall–Kier alpha value is -0.730. The van der Waals surface area contributed by atoms with Crippen LogP contribution in [0.25, 0.3) is 0 Å². The molecule has 1 aliphatic carbocycles. The monoisotopic (exact) mass is 285 g/mol. The van der Waals surface area contributed by atoms with Crippen LogP contribution in [0.1, 0.15) is 18.1 Å². The molecule has 1 aromatic carbocycles. The van der Waals surface area contributed by atoms with Crippen LogP contribution in [0.4, 0.5) is 0 Å². The summed E-state index contributed by atoms with van der Waals surface area (Å²) in [5.74, 6) is 0.701. The zero-order valence-corrected chi connectivity index (χ0v) is 11.9. The summed E-state index contributed by atoms with van der Waals surface area (Å²) < 4.78 is 0. The number of halogens is 2. The largest absolute Gasteiger partial charge is 0.348 e. The third-order valence-electron chi connectivity index (χ3n) is 3.44. The van der Waals surface area contributed by atoms with E-state index in [1.165, 1.54) is 11.1 Å². The molecule has 0 atom stereocenters. The number of hydrogen-bond acceptors (Lipinski definition) is 1.